The molecule has 1 aromatic heterocycles. The fraction of sp³-hybridized carbons (Fsp3) is 0.600. The van der Waals surface area contributed by atoms with Gasteiger partial charge in [0.05, 0.1) is 17.1 Å². The van der Waals surface area contributed by atoms with Gasteiger partial charge in [-0.2, -0.15) is 0 Å². The summed E-state index contributed by atoms with van der Waals surface area (Å²) in [6.45, 7) is 7.17. The van der Waals surface area contributed by atoms with Gasteiger partial charge in [0.1, 0.15) is 5.82 Å². The van der Waals surface area contributed by atoms with E-state index >= 15 is 0 Å². The van der Waals surface area contributed by atoms with Crippen LogP contribution < -0.4 is 5.32 Å². The summed E-state index contributed by atoms with van der Waals surface area (Å²) in [5.41, 5.74) is 1.82. The van der Waals surface area contributed by atoms with Crippen molar-refractivity contribution < 1.29 is 4.79 Å². The average molecular weight is 390 g/mol. The first-order valence-corrected chi connectivity index (χ1v) is 10.4. The first kappa shape index (κ1) is 18.6. The van der Waals surface area contributed by atoms with Gasteiger partial charge in [-0.05, 0) is 69.4 Å². The Labute approximate surface area is 165 Å². The fourth-order valence-electron chi connectivity index (χ4n) is 4.29. The maximum absolute atomic E-state index is 12.8. The third-order valence-electron chi connectivity index (χ3n) is 5.99. The number of piperidine rings is 1. The van der Waals surface area contributed by atoms with Crippen molar-refractivity contribution in [2.24, 2.45) is 5.92 Å². The summed E-state index contributed by atoms with van der Waals surface area (Å²) in [5.74, 6) is 1.45. The summed E-state index contributed by atoms with van der Waals surface area (Å²) in [6, 6.07) is 5.69. The van der Waals surface area contributed by atoms with Crippen LogP contribution in [0.15, 0.2) is 18.2 Å². The highest BCUT2D eigenvalue weighted by atomic mass is 35.5. The molecule has 1 aromatic carbocycles. The first-order chi connectivity index (χ1) is 13.1. The van der Waals surface area contributed by atoms with Crippen LogP contribution in [0.1, 0.15) is 44.5 Å². The minimum Gasteiger partial charge on any atom is -0.340 e. The van der Waals surface area contributed by atoms with E-state index in [1.807, 2.05) is 23.1 Å². The van der Waals surface area contributed by atoms with Gasteiger partial charge in [0.15, 0.2) is 0 Å². The second kappa shape index (κ2) is 8.07. The molecule has 2 amide bonds. The van der Waals surface area contributed by atoms with Crippen LogP contribution in [0.4, 0.5) is 4.79 Å². The Morgan fingerprint density at radius 3 is 2.89 bits per heavy atom. The van der Waals surface area contributed by atoms with E-state index in [1.54, 1.807) is 0 Å². The molecule has 0 saturated carbocycles. The van der Waals surface area contributed by atoms with E-state index in [1.165, 1.54) is 12.8 Å². The monoisotopic (exact) mass is 389 g/mol. The molecule has 27 heavy (non-hydrogen) atoms. The van der Waals surface area contributed by atoms with Crippen LogP contribution in [0.3, 0.4) is 0 Å². The van der Waals surface area contributed by atoms with Crippen LogP contribution in [-0.4, -0.2) is 58.5 Å². The standard InChI is InChI=1S/C20H28ClN5O/c1-2-25-10-7-14(8-11-25)13-22-20(27)26-9-3-4-18(26)19-23-16-6-5-15(21)12-17(16)24-19/h5-6,12,14,18H,2-4,7-11,13H2,1H3,(H,22,27)(H,23,24)/t18-/m1/s1. The third-order valence-corrected chi connectivity index (χ3v) is 6.22. The molecule has 1 atom stereocenters. The summed E-state index contributed by atoms with van der Waals surface area (Å²) in [5, 5.41) is 3.86. The van der Waals surface area contributed by atoms with Gasteiger partial charge in [0, 0.05) is 18.1 Å². The summed E-state index contributed by atoms with van der Waals surface area (Å²) in [4.78, 5) is 25.3. The third kappa shape index (κ3) is 4.06. The highest BCUT2D eigenvalue weighted by molar-refractivity contribution is 6.31. The second-order valence-electron chi connectivity index (χ2n) is 7.70. The van der Waals surface area contributed by atoms with Crippen LogP contribution >= 0.6 is 11.6 Å². The number of benzene rings is 1. The minimum atomic E-state index is 0.0121. The Balaban J connectivity index is 1.38. The van der Waals surface area contributed by atoms with E-state index in [4.69, 9.17) is 16.6 Å². The van der Waals surface area contributed by atoms with Gasteiger partial charge < -0.3 is 20.1 Å². The number of nitrogens with zero attached hydrogens (tertiary/aromatic N) is 3. The molecule has 0 radical (unpaired) electrons. The molecule has 0 unspecified atom stereocenters. The number of carbonyl (C=O) groups is 1. The molecule has 6 nitrogen and oxygen atoms in total. The molecule has 0 spiro atoms. The van der Waals surface area contributed by atoms with Crippen molar-refractivity contribution in [1.82, 2.24) is 25.1 Å². The van der Waals surface area contributed by atoms with Crippen LogP contribution in [0.25, 0.3) is 11.0 Å². The molecule has 2 N–H and O–H groups in total. The average Bonchev–Trinajstić information content (AvgIpc) is 3.32. The number of H-pyrrole nitrogens is 1. The van der Waals surface area contributed by atoms with Gasteiger partial charge in [0.25, 0.3) is 0 Å². The molecule has 2 aliphatic heterocycles. The number of aromatic amines is 1. The maximum Gasteiger partial charge on any atom is 0.318 e. The van der Waals surface area contributed by atoms with Gasteiger partial charge in [-0.25, -0.2) is 9.78 Å². The van der Waals surface area contributed by atoms with E-state index in [-0.39, 0.29) is 12.1 Å². The number of rotatable bonds is 4. The van der Waals surface area contributed by atoms with Crippen molar-refractivity contribution in [3.8, 4) is 0 Å². The van der Waals surface area contributed by atoms with E-state index in [0.29, 0.717) is 10.9 Å². The molecule has 2 saturated heterocycles. The van der Waals surface area contributed by atoms with Crippen molar-refractivity contribution in [2.45, 2.75) is 38.6 Å². The highest BCUT2D eigenvalue weighted by Gasteiger charge is 2.32. The van der Waals surface area contributed by atoms with Crippen molar-refractivity contribution in [3.05, 3.63) is 29.0 Å². The molecule has 2 aromatic rings. The Hall–Kier alpha value is -1.79. The minimum absolute atomic E-state index is 0.0121. The predicted octanol–water partition coefficient (Wildman–Crippen LogP) is 3.79. The zero-order valence-electron chi connectivity index (χ0n) is 15.9. The summed E-state index contributed by atoms with van der Waals surface area (Å²) >= 11 is 6.07. The summed E-state index contributed by atoms with van der Waals surface area (Å²) < 4.78 is 0. The topological polar surface area (TPSA) is 64.3 Å². The number of carbonyl (C=O) groups excluding carboxylic acids is 1. The Kier molecular flexibility index (Phi) is 5.55. The van der Waals surface area contributed by atoms with Gasteiger partial charge >= 0.3 is 6.03 Å². The number of likely N-dealkylation sites (tertiary alicyclic amines) is 2. The molecule has 2 aliphatic rings. The fourth-order valence-corrected chi connectivity index (χ4v) is 4.47. The second-order valence-corrected chi connectivity index (χ2v) is 8.14. The number of urea groups is 1. The molecule has 0 aliphatic carbocycles. The number of hydrogen-bond acceptors (Lipinski definition) is 3. The van der Waals surface area contributed by atoms with E-state index in [2.05, 4.69) is 22.1 Å². The molecule has 2 fully saturated rings. The number of imidazole rings is 1. The van der Waals surface area contributed by atoms with Crippen molar-refractivity contribution >= 4 is 28.7 Å². The Morgan fingerprint density at radius 1 is 1.30 bits per heavy atom. The largest absolute Gasteiger partial charge is 0.340 e. The van der Waals surface area contributed by atoms with E-state index in [9.17, 15) is 4.79 Å². The zero-order chi connectivity index (χ0) is 18.8. The number of fused-ring (bicyclic) bond motifs is 1. The smallest absolute Gasteiger partial charge is 0.318 e. The zero-order valence-corrected chi connectivity index (χ0v) is 16.6. The molecular formula is C20H28ClN5O. The lowest BCUT2D eigenvalue weighted by Crippen LogP contribution is -2.43. The highest BCUT2D eigenvalue weighted by Crippen LogP contribution is 2.32. The lowest BCUT2D eigenvalue weighted by Gasteiger charge is -2.31. The molecule has 4 rings (SSSR count). The van der Waals surface area contributed by atoms with Crippen LogP contribution in [0, 0.1) is 5.92 Å². The number of halogens is 1. The van der Waals surface area contributed by atoms with Crippen molar-refractivity contribution in [1.29, 1.82) is 0 Å². The number of amides is 2. The molecule has 146 valence electrons. The maximum atomic E-state index is 12.8. The Bertz CT molecular complexity index is 799. The van der Waals surface area contributed by atoms with Crippen molar-refractivity contribution in [3.63, 3.8) is 0 Å². The van der Waals surface area contributed by atoms with Crippen LogP contribution in [0.2, 0.25) is 5.02 Å². The first-order valence-electron chi connectivity index (χ1n) is 10.1. The number of hydrogen-bond donors (Lipinski definition) is 2. The van der Waals surface area contributed by atoms with Crippen LogP contribution in [0.5, 0.6) is 0 Å². The SMILES string of the molecule is CCN1CCC(CNC(=O)N2CCC[C@@H]2c2nc3ccc(Cl)cc3[nH]2)CC1. The molecule has 3 heterocycles. The molecule has 0 bridgehead atoms. The van der Waals surface area contributed by atoms with E-state index < -0.39 is 0 Å². The van der Waals surface area contributed by atoms with Gasteiger partial charge in [0.2, 0.25) is 0 Å². The van der Waals surface area contributed by atoms with Crippen molar-refractivity contribution in [2.75, 3.05) is 32.7 Å². The number of aromatic nitrogens is 2. The van der Waals surface area contributed by atoms with Gasteiger partial charge in [-0.1, -0.05) is 18.5 Å². The quantitative estimate of drug-likeness (QED) is 0.836. The Morgan fingerprint density at radius 2 is 2.11 bits per heavy atom. The molecular weight excluding hydrogens is 362 g/mol. The lowest BCUT2D eigenvalue weighted by molar-refractivity contribution is 0.174. The van der Waals surface area contributed by atoms with Gasteiger partial charge in [-0.15, -0.1) is 0 Å². The van der Waals surface area contributed by atoms with Crippen LogP contribution in [-0.2, 0) is 0 Å². The predicted molar refractivity (Wildman–Crippen MR) is 108 cm³/mol. The number of nitrogens with one attached hydrogen (secondary N) is 2. The van der Waals surface area contributed by atoms with E-state index in [0.717, 1.165) is 62.4 Å². The summed E-state index contributed by atoms with van der Waals surface area (Å²) in [6.07, 6.45) is 4.28. The normalized spacial score (nSPS) is 21.9. The summed E-state index contributed by atoms with van der Waals surface area (Å²) in [7, 11) is 0. The lowest BCUT2D eigenvalue weighted by atomic mass is 9.97. The van der Waals surface area contributed by atoms with Gasteiger partial charge in [-0.3, -0.25) is 0 Å². The molecule has 7 heteroatoms.